The smallest absolute Gasteiger partial charge is 0.332 e. The number of nitrogens with one attached hydrogen (secondary N) is 1. The van der Waals surface area contributed by atoms with Crippen molar-refractivity contribution in [3.63, 3.8) is 0 Å². The summed E-state index contributed by atoms with van der Waals surface area (Å²) in [5.41, 5.74) is 5.34. The molecular weight excluding hydrogens is 200 g/mol. The highest BCUT2D eigenvalue weighted by molar-refractivity contribution is 6.01. The minimum Gasteiger partial charge on any atom is -0.464 e. The van der Waals surface area contributed by atoms with Gasteiger partial charge in [-0.1, -0.05) is 0 Å². The summed E-state index contributed by atoms with van der Waals surface area (Å²) in [6, 6.07) is -1.24. The van der Waals surface area contributed by atoms with Crippen LogP contribution in [0, 0.1) is 0 Å². The Balaban J connectivity index is 3.73. The van der Waals surface area contributed by atoms with Crippen LogP contribution in [-0.4, -0.2) is 44.8 Å². The molecule has 0 aromatic heterocycles. The van der Waals surface area contributed by atoms with Crippen LogP contribution in [0.4, 0.5) is 0 Å². The van der Waals surface area contributed by atoms with Crippen LogP contribution in [0.25, 0.3) is 0 Å². The molecule has 6 nitrogen and oxygen atoms in total. The molecule has 15 heavy (non-hydrogen) atoms. The Morgan fingerprint density at radius 2 is 2.13 bits per heavy atom. The van der Waals surface area contributed by atoms with Gasteiger partial charge in [-0.3, -0.25) is 4.79 Å². The summed E-state index contributed by atoms with van der Waals surface area (Å²) in [6.07, 6.45) is 0.678. The van der Waals surface area contributed by atoms with Crippen molar-refractivity contribution in [2.75, 3.05) is 26.9 Å². The number of hydrogen-bond donors (Lipinski definition) is 2. The highest BCUT2D eigenvalue weighted by Crippen LogP contribution is 1.87. The van der Waals surface area contributed by atoms with Gasteiger partial charge in [0, 0.05) is 20.3 Å². The van der Waals surface area contributed by atoms with E-state index in [9.17, 15) is 9.59 Å². The lowest BCUT2D eigenvalue weighted by atomic mass is 10.3. The van der Waals surface area contributed by atoms with Crippen molar-refractivity contribution in [3.8, 4) is 0 Å². The molecule has 0 aliphatic carbocycles. The van der Waals surface area contributed by atoms with Gasteiger partial charge >= 0.3 is 5.97 Å². The lowest BCUT2D eigenvalue weighted by molar-refractivity contribution is -0.147. The standard InChI is InChI=1S/C9H18N2O4/c1-3-15-9(13)7(10)8(12)11-5-4-6-14-2/h7H,3-6,10H2,1-2H3,(H,11,12). The summed E-state index contributed by atoms with van der Waals surface area (Å²) < 4.78 is 9.40. The van der Waals surface area contributed by atoms with Crippen LogP contribution in [0.15, 0.2) is 0 Å². The fourth-order valence-corrected chi connectivity index (χ4v) is 0.877. The van der Waals surface area contributed by atoms with Crippen LogP contribution in [0.2, 0.25) is 0 Å². The van der Waals surface area contributed by atoms with E-state index >= 15 is 0 Å². The first-order valence-electron chi connectivity index (χ1n) is 4.82. The van der Waals surface area contributed by atoms with E-state index in [0.29, 0.717) is 19.6 Å². The predicted octanol–water partition coefficient (Wildman–Crippen LogP) is -0.970. The number of carbonyl (C=O) groups is 2. The summed E-state index contributed by atoms with van der Waals surface area (Å²) in [4.78, 5) is 22.3. The Bertz CT molecular complexity index is 208. The molecule has 0 aromatic carbocycles. The van der Waals surface area contributed by atoms with Gasteiger partial charge in [0.1, 0.15) is 0 Å². The topological polar surface area (TPSA) is 90.7 Å². The second-order valence-electron chi connectivity index (χ2n) is 2.87. The van der Waals surface area contributed by atoms with Crippen LogP contribution < -0.4 is 11.1 Å². The number of nitrogens with two attached hydrogens (primary N) is 1. The molecule has 0 aromatic rings. The van der Waals surface area contributed by atoms with Crippen molar-refractivity contribution in [3.05, 3.63) is 0 Å². The monoisotopic (exact) mass is 218 g/mol. The minimum atomic E-state index is -1.24. The van der Waals surface area contributed by atoms with E-state index < -0.39 is 17.9 Å². The molecule has 0 aliphatic rings. The molecule has 0 saturated heterocycles. The van der Waals surface area contributed by atoms with Crippen LogP contribution >= 0.6 is 0 Å². The van der Waals surface area contributed by atoms with Crippen molar-refractivity contribution < 1.29 is 19.1 Å². The zero-order chi connectivity index (χ0) is 11.7. The molecule has 0 bridgehead atoms. The maximum absolute atomic E-state index is 11.2. The summed E-state index contributed by atoms with van der Waals surface area (Å²) in [5.74, 6) is -1.23. The van der Waals surface area contributed by atoms with Gasteiger partial charge in [-0.05, 0) is 13.3 Å². The first kappa shape index (κ1) is 13.9. The average Bonchev–Trinajstić information content (AvgIpc) is 2.23. The van der Waals surface area contributed by atoms with E-state index in [-0.39, 0.29) is 6.61 Å². The average molecular weight is 218 g/mol. The maximum Gasteiger partial charge on any atom is 0.332 e. The first-order chi connectivity index (χ1) is 7.13. The van der Waals surface area contributed by atoms with Crippen LogP contribution in [-0.2, 0) is 19.1 Å². The molecule has 1 amide bonds. The SMILES string of the molecule is CCOC(=O)C(N)C(=O)NCCCOC. The molecule has 0 saturated carbocycles. The summed E-state index contributed by atoms with van der Waals surface area (Å²) in [5, 5.41) is 2.51. The van der Waals surface area contributed by atoms with E-state index in [4.69, 9.17) is 10.5 Å². The zero-order valence-corrected chi connectivity index (χ0v) is 9.12. The van der Waals surface area contributed by atoms with Crippen molar-refractivity contribution in [1.82, 2.24) is 5.32 Å². The lowest BCUT2D eigenvalue weighted by Crippen LogP contribution is -2.47. The van der Waals surface area contributed by atoms with E-state index in [2.05, 4.69) is 10.1 Å². The Hall–Kier alpha value is -1.14. The van der Waals surface area contributed by atoms with Crippen LogP contribution in [0.5, 0.6) is 0 Å². The van der Waals surface area contributed by atoms with Gasteiger partial charge in [-0.25, -0.2) is 4.79 Å². The zero-order valence-electron chi connectivity index (χ0n) is 9.12. The maximum atomic E-state index is 11.2. The van der Waals surface area contributed by atoms with Crippen molar-refractivity contribution in [2.45, 2.75) is 19.4 Å². The normalized spacial score (nSPS) is 11.9. The Morgan fingerprint density at radius 3 is 2.67 bits per heavy atom. The van der Waals surface area contributed by atoms with Gasteiger partial charge in [0.15, 0.2) is 6.04 Å². The number of hydrogen-bond acceptors (Lipinski definition) is 5. The van der Waals surface area contributed by atoms with Gasteiger partial charge in [0.2, 0.25) is 5.91 Å². The molecule has 0 radical (unpaired) electrons. The van der Waals surface area contributed by atoms with Gasteiger partial charge in [0.05, 0.1) is 6.61 Å². The summed E-state index contributed by atoms with van der Waals surface area (Å²) >= 11 is 0. The number of carbonyl (C=O) groups excluding carboxylic acids is 2. The highest BCUT2D eigenvalue weighted by Gasteiger charge is 2.22. The molecule has 1 unspecified atom stereocenters. The van der Waals surface area contributed by atoms with Crippen molar-refractivity contribution in [1.29, 1.82) is 0 Å². The van der Waals surface area contributed by atoms with E-state index in [1.807, 2.05) is 0 Å². The van der Waals surface area contributed by atoms with Gasteiger partial charge in [-0.2, -0.15) is 0 Å². The van der Waals surface area contributed by atoms with Gasteiger partial charge in [0.25, 0.3) is 0 Å². The number of esters is 1. The quantitative estimate of drug-likeness (QED) is 0.326. The molecule has 3 N–H and O–H groups in total. The number of methoxy groups -OCH3 is 1. The Kier molecular flexibility index (Phi) is 7.57. The van der Waals surface area contributed by atoms with Crippen molar-refractivity contribution >= 4 is 11.9 Å². The summed E-state index contributed by atoms with van der Waals surface area (Å²) in [7, 11) is 1.58. The third-order valence-corrected chi connectivity index (χ3v) is 1.65. The van der Waals surface area contributed by atoms with E-state index in [1.54, 1.807) is 14.0 Å². The number of amides is 1. The molecule has 88 valence electrons. The predicted molar refractivity (Wildman–Crippen MR) is 54.1 cm³/mol. The third kappa shape index (κ3) is 6.03. The largest absolute Gasteiger partial charge is 0.464 e. The lowest BCUT2D eigenvalue weighted by Gasteiger charge is -2.10. The highest BCUT2D eigenvalue weighted by atomic mass is 16.5. The van der Waals surface area contributed by atoms with Gasteiger partial charge < -0.3 is 20.5 Å². The molecule has 0 fully saturated rings. The molecular formula is C9H18N2O4. The van der Waals surface area contributed by atoms with Gasteiger partial charge in [-0.15, -0.1) is 0 Å². The molecule has 6 heteroatoms. The first-order valence-corrected chi connectivity index (χ1v) is 4.82. The number of rotatable bonds is 7. The second-order valence-corrected chi connectivity index (χ2v) is 2.87. The molecule has 0 rings (SSSR count). The van der Waals surface area contributed by atoms with Crippen LogP contribution in [0.3, 0.4) is 0 Å². The van der Waals surface area contributed by atoms with Crippen molar-refractivity contribution in [2.24, 2.45) is 5.73 Å². The fraction of sp³-hybridized carbons (Fsp3) is 0.778. The molecule has 0 heterocycles. The third-order valence-electron chi connectivity index (χ3n) is 1.65. The Morgan fingerprint density at radius 1 is 1.47 bits per heavy atom. The van der Waals surface area contributed by atoms with E-state index in [1.165, 1.54) is 0 Å². The summed E-state index contributed by atoms with van der Waals surface area (Å²) in [6.45, 7) is 2.85. The van der Waals surface area contributed by atoms with Crippen LogP contribution in [0.1, 0.15) is 13.3 Å². The molecule has 0 aliphatic heterocycles. The Labute approximate surface area is 89.1 Å². The number of ether oxygens (including phenoxy) is 2. The second kappa shape index (κ2) is 8.19. The minimum absolute atomic E-state index is 0.212. The molecule has 0 spiro atoms. The van der Waals surface area contributed by atoms with E-state index in [0.717, 1.165) is 0 Å². The molecule has 1 atom stereocenters. The fourth-order valence-electron chi connectivity index (χ4n) is 0.877.